The zero-order valence-corrected chi connectivity index (χ0v) is 13.1. The first kappa shape index (κ1) is 14.6. The molecule has 0 saturated heterocycles. The third kappa shape index (κ3) is 4.07. The first-order valence-electron chi connectivity index (χ1n) is 7.92. The van der Waals surface area contributed by atoms with E-state index in [0.29, 0.717) is 0 Å². The van der Waals surface area contributed by atoms with E-state index in [0.717, 1.165) is 12.0 Å². The van der Waals surface area contributed by atoms with Crippen LogP contribution in [0, 0.1) is 26.7 Å². The van der Waals surface area contributed by atoms with E-state index in [2.05, 4.69) is 45.1 Å². The van der Waals surface area contributed by atoms with Crippen molar-refractivity contribution in [2.75, 3.05) is 6.54 Å². The van der Waals surface area contributed by atoms with Gasteiger partial charge in [-0.3, -0.25) is 0 Å². The fourth-order valence-electron chi connectivity index (χ4n) is 3.24. The minimum Gasteiger partial charge on any atom is -0.314 e. The summed E-state index contributed by atoms with van der Waals surface area (Å²) in [4.78, 5) is 0. The van der Waals surface area contributed by atoms with Crippen LogP contribution in [0.2, 0.25) is 0 Å². The average Bonchev–Trinajstić information content (AvgIpc) is 3.15. The summed E-state index contributed by atoms with van der Waals surface area (Å²) in [6, 6.07) is 5.40. The summed E-state index contributed by atoms with van der Waals surface area (Å²) in [6.45, 7) is 10.2. The molecule has 19 heavy (non-hydrogen) atoms. The van der Waals surface area contributed by atoms with Gasteiger partial charge in [0, 0.05) is 6.04 Å². The molecule has 1 heteroatoms. The predicted molar refractivity (Wildman–Crippen MR) is 83.8 cm³/mol. The van der Waals surface area contributed by atoms with Gasteiger partial charge in [0.1, 0.15) is 0 Å². The normalized spacial score (nSPS) is 16.6. The van der Waals surface area contributed by atoms with E-state index in [1.165, 1.54) is 55.3 Å². The van der Waals surface area contributed by atoms with Gasteiger partial charge in [0.25, 0.3) is 0 Å². The van der Waals surface area contributed by atoms with Crippen molar-refractivity contribution in [3.05, 3.63) is 34.4 Å². The second kappa shape index (κ2) is 6.56. The summed E-state index contributed by atoms with van der Waals surface area (Å²) in [7, 11) is 0. The summed E-state index contributed by atoms with van der Waals surface area (Å²) in [5, 5.41) is 3.75. The molecule has 1 atom stereocenters. The molecule has 0 aliphatic heterocycles. The van der Waals surface area contributed by atoms with Gasteiger partial charge in [-0.25, -0.2) is 0 Å². The highest BCUT2D eigenvalue weighted by Crippen LogP contribution is 2.35. The molecular formula is C18H29N. The van der Waals surface area contributed by atoms with E-state index in [9.17, 15) is 0 Å². The molecule has 0 bridgehead atoms. The molecule has 0 aromatic heterocycles. The second-order valence-electron chi connectivity index (χ2n) is 6.31. The Balaban J connectivity index is 1.96. The first-order chi connectivity index (χ1) is 9.11. The van der Waals surface area contributed by atoms with Crippen LogP contribution in [0.25, 0.3) is 0 Å². The molecule has 1 N–H and O–H groups in total. The molecule has 2 rings (SSSR count). The number of hydrogen-bond acceptors (Lipinski definition) is 1. The molecule has 1 saturated carbocycles. The van der Waals surface area contributed by atoms with E-state index in [4.69, 9.17) is 0 Å². The van der Waals surface area contributed by atoms with Gasteiger partial charge in [0.15, 0.2) is 0 Å². The van der Waals surface area contributed by atoms with Crippen molar-refractivity contribution >= 4 is 0 Å². The Labute approximate surface area is 118 Å². The van der Waals surface area contributed by atoms with Gasteiger partial charge in [-0.1, -0.05) is 24.6 Å². The van der Waals surface area contributed by atoms with Gasteiger partial charge >= 0.3 is 0 Å². The van der Waals surface area contributed by atoms with Crippen LogP contribution in [0.15, 0.2) is 12.1 Å². The van der Waals surface area contributed by atoms with Crippen LogP contribution >= 0.6 is 0 Å². The van der Waals surface area contributed by atoms with E-state index in [1.54, 1.807) is 5.56 Å². The quantitative estimate of drug-likeness (QED) is 0.769. The fraction of sp³-hybridized carbons (Fsp3) is 0.667. The third-order valence-corrected chi connectivity index (χ3v) is 4.39. The molecule has 0 heterocycles. The Hall–Kier alpha value is -0.820. The van der Waals surface area contributed by atoms with Crippen LogP contribution in [0.1, 0.15) is 54.9 Å². The molecule has 1 unspecified atom stereocenters. The number of aryl methyl sites for hydroxylation is 3. The highest BCUT2D eigenvalue weighted by Gasteiger charge is 2.30. The van der Waals surface area contributed by atoms with E-state index >= 15 is 0 Å². The van der Waals surface area contributed by atoms with Gasteiger partial charge in [-0.15, -0.1) is 0 Å². The lowest BCUT2D eigenvalue weighted by Crippen LogP contribution is -2.32. The lowest BCUT2D eigenvalue weighted by molar-refractivity contribution is 0.435. The van der Waals surface area contributed by atoms with Crippen molar-refractivity contribution in [1.29, 1.82) is 0 Å². The van der Waals surface area contributed by atoms with Gasteiger partial charge in [-0.2, -0.15) is 0 Å². The van der Waals surface area contributed by atoms with Crippen LogP contribution in [0.4, 0.5) is 0 Å². The molecule has 0 radical (unpaired) electrons. The average molecular weight is 259 g/mol. The summed E-state index contributed by atoms with van der Waals surface area (Å²) >= 11 is 0. The smallest absolute Gasteiger partial charge is 0.00984 e. The van der Waals surface area contributed by atoms with Crippen LogP contribution < -0.4 is 5.32 Å². The minimum atomic E-state index is 0.750. The van der Waals surface area contributed by atoms with Crippen molar-refractivity contribution in [3.8, 4) is 0 Å². The fourth-order valence-corrected chi connectivity index (χ4v) is 3.24. The number of benzene rings is 1. The molecule has 1 aromatic carbocycles. The molecule has 0 spiro atoms. The Morgan fingerprint density at radius 2 is 1.79 bits per heavy atom. The van der Waals surface area contributed by atoms with E-state index in [-0.39, 0.29) is 0 Å². The van der Waals surface area contributed by atoms with E-state index < -0.39 is 0 Å². The Morgan fingerprint density at radius 3 is 2.32 bits per heavy atom. The van der Waals surface area contributed by atoms with Crippen LogP contribution in [0.3, 0.4) is 0 Å². The maximum atomic E-state index is 3.75. The first-order valence-corrected chi connectivity index (χ1v) is 7.92. The summed E-state index contributed by atoms with van der Waals surface area (Å²) in [5.41, 5.74) is 5.92. The van der Waals surface area contributed by atoms with Crippen molar-refractivity contribution in [3.63, 3.8) is 0 Å². The second-order valence-corrected chi connectivity index (χ2v) is 6.31. The molecule has 0 amide bonds. The molecule has 1 aliphatic rings. The Morgan fingerprint density at radius 1 is 1.16 bits per heavy atom. The third-order valence-electron chi connectivity index (χ3n) is 4.39. The molecule has 1 aromatic rings. The molecule has 1 aliphatic carbocycles. The SMILES string of the molecule is CCCNC(CCc1c(C)cc(C)cc1C)C1CC1. The molecular weight excluding hydrogens is 230 g/mol. The highest BCUT2D eigenvalue weighted by molar-refractivity contribution is 5.37. The van der Waals surface area contributed by atoms with Crippen molar-refractivity contribution in [1.82, 2.24) is 5.32 Å². The van der Waals surface area contributed by atoms with Crippen molar-refractivity contribution < 1.29 is 0 Å². The van der Waals surface area contributed by atoms with Gasteiger partial charge in [-0.05, 0) is 82.0 Å². The molecule has 106 valence electrons. The monoisotopic (exact) mass is 259 g/mol. The van der Waals surface area contributed by atoms with Crippen molar-refractivity contribution in [2.24, 2.45) is 5.92 Å². The summed E-state index contributed by atoms with van der Waals surface area (Å²) in [5.74, 6) is 0.956. The van der Waals surface area contributed by atoms with Gasteiger partial charge in [0.2, 0.25) is 0 Å². The van der Waals surface area contributed by atoms with Crippen LogP contribution in [-0.2, 0) is 6.42 Å². The number of rotatable bonds is 7. The molecule has 1 nitrogen and oxygen atoms in total. The van der Waals surface area contributed by atoms with Crippen LogP contribution in [-0.4, -0.2) is 12.6 Å². The maximum absolute atomic E-state index is 3.75. The topological polar surface area (TPSA) is 12.0 Å². The Kier molecular flexibility index (Phi) is 5.04. The highest BCUT2D eigenvalue weighted by atomic mass is 14.9. The summed E-state index contributed by atoms with van der Waals surface area (Å²) in [6.07, 6.45) is 6.65. The predicted octanol–water partition coefficient (Wildman–Crippen LogP) is 4.32. The van der Waals surface area contributed by atoms with Gasteiger partial charge < -0.3 is 5.32 Å². The largest absolute Gasteiger partial charge is 0.314 e. The summed E-state index contributed by atoms with van der Waals surface area (Å²) < 4.78 is 0. The number of nitrogens with one attached hydrogen (secondary N) is 1. The Bertz CT molecular complexity index is 395. The molecule has 1 fully saturated rings. The lowest BCUT2D eigenvalue weighted by Gasteiger charge is -2.19. The lowest BCUT2D eigenvalue weighted by atomic mass is 9.93. The van der Waals surface area contributed by atoms with Crippen molar-refractivity contribution in [2.45, 2.75) is 65.8 Å². The standard InChI is InChI=1S/C18H29N/c1-5-10-19-18(16-6-7-16)9-8-17-14(3)11-13(2)12-15(17)4/h11-12,16,18-19H,5-10H2,1-4H3. The van der Waals surface area contributed by atoms with Crippen LogP contribution in [0.5, 0.6) is 0 Å². The minimum absolute atomic E-state index is 0.750. The maximum Gasteiger partial charge on any atom is 0.00984 e. The van der Waals surface area contributed by atoms with E-state index in [1.807, 2.05) is 0 Å². The zero-order valence-electron chi connectivity index (χ0n) is 13.1. The zero-order chi connectivity index (χ0) is 13.8. The van der Waals surface area contributed by atoms with Gasteiger partial charge in [0.05, 0.1) is 0 Å². The number of hydrogen-bond donors (Lipinski definition) is 1.